The average molecular weight is 191 g/mol. The largest absolute Gasteiger partial charge is 0.459 e. The monoisotopic (exact) mass is 191 g/mol. The van der Waals surface area contributed by atoms with Gasteiger partial charge in [-0.2, -0.15) is 0 Å². The number of aliphatic hydroxyl groups is 1. The molecule has 0 aromatic heterocycles. The summed E-state index contributed by atoms with van der Waals surface area (Å²) >= 11 is 0. The van der Waals surface area contributed by atoms with Crippen LogP contribution in [0, 0.1) is 0 Å². The molecule has 0 spiro atoms. The molecule has 0 rings (SSSR count). The fourth-order valence-electron chi connectivity index (χ4n) is 0.743. The molecular formula is C8H17NO4. The van der Waals surface area contributed by atoms with Crippen LogP contribution in [-0.2, 0) is 14.3 Å². The van der Waals surface area contributed by atoms with Crippen molar-refractivity contribution in [3.8, 4) is 0 Å². The van der Waals surface area contributed by atoms with Crippen LogP contribution in [-0.4, -0.2) is 43.0 Å². The molecule has 0 aliphatic carbocycles. The highest BCUT2D eigenvalue weighted by Gasteiger charge is 2.22. The van der Waals surface area contributed by atoms with E-state index in [1.54, 1.807) is 6.92 Å². The number of hydrogen-bond donors (Lipinski definition) is 2. The molecule has 0 bridgehead atoms. The molecule has 5 nitrogen and oxygen atoms in total. The quantitative estimate of drug-likeness (QED) is 0.560. The minimum absolute atomic E-state index is 0.318. The van der Waals surface area contributed by atoms with Crippen molar-refractivity contribution in [2.45, 2.75) is 32.1 Å². The fraction of sp³-hybridized carbons (Fsp3) is 0.875. The molecule has 13 heavy (non-hydrogen) atoms. The lowest BCUT2D eigenvalue weighted by Crippen LogP contribution is -2.43. The first-order valence-electron chi connectivity index (χ1n) is 4.12. The predicted molar refractivity (Wildman–Crippen MR) is 47.1 cm³/mol. The molecule has 0 aliphatic rings. The van der Waals surface area contributed by atoms with E-state index < -0.39 is 18.1 Å². The molecule has 5 heteroatoms. The van der Waals surface area contributed by atoms with Crippen LogP contribution in [0.4, 0.5) is 0 Å². The minimum Gasteiger partial charge on any atom is -0.459 e. The van der Waals surface area contributed by atoms with Gasteiger partial charge in [0.2, 0.25) is 0 Å². The van der Waals surface area contributed by atoms with E-state index in [4.69, 9.17) is 20.3 Å². The lowest BCUT2D eigenvalue weighted by atomic mass is 10.2. The van der Waals surface area contributed by atoms with Gasteiger partial charge in [-0.05, 0) is 13.8 Å². The van der Waals surface area contributed by atoms with E-state index in [-0.39, 0.29) is 6.10 Å². The Morgan fingerprint density at radius 1 is 1.54 bits per heavy atom. The van der Waals surface area contributed by atoms with Crippen LogP contribution >= 0.6 is 0 Å². The predicted octanol–water partition coefficient (Wildman–Crippen LogP) is -0.727. The summed E-state index contributed by atoms with van der Waals surface area (Å²) in [4.78, 5) is 11.1. The second-order valence-corrected chi connectivity index (χ2v) is 2.97. The van der Waals surface area contributed by atoms with E-state index in [0.717, 1.165) is 0 Å². The number of aliphatic hydroxyl groups excluding tert-OH is 1. The van der Waals surface area contributed by atoms with Crippen molar-refractivity contribution in [3.63, 3.8) is 0 Å². The van der Waals surface area contributed by atoms with Gasteiger partial charge in [0.1, 0.15) is 12.1 Å². The van der Waals surface area contributed by atoms with Crippen LogP contribution in [0.5, 0.6) is 0 Å². The summed E-state index contributed by atoms with van der Waals surface area (Å²) in [5.74, 6) is -0.612. The Bertz CT molecular complexity index is 160. The van der Waals surface area contributed by atoms with Gasteiger partial charge in [0.05, 0.1) is 12.7 Å². The average Bonchev–Trinajstić information content (AvgIpc) is 2.03. The number of carbonyl (C=O) groups excluding carboxylic acids is 1. The molecule has 0 heterocycles. The highest BCUT2D eigenvalue weighted by Crippen LogP contribution is 1.97. The van der Waals surface area contributed by atoms with Crippen LogP contribution in [0.25, 0.3) is 0 Å². The van der Waals surface area contributed by atoms with Crippen molar-refractivity contribution < 1.29 is 19.4 Å². The summed E-state index contributed by atoms with van der Waals surface area (Å²) < 4.78 is 9.63. The highest BCUT2D eigenvalue weighted by atomic mass is 16.6. The Hall–Kier alpha value is -0.650. The van der Waals surface area contributed by atoms with Gasteiger partial charge >= 0.3 is 5.97 Å². The SMILES string of the molecule is COCC(C)OC(=O)C(N)C(C)O. The maximum absolute atomic E-state index is 11.1. The summed E-state index contributed by atoms with van der Waals surface area (Å²) in [5, 5.41) is 8.98. The number of esters is 1. The summed E-state index contributed by atoms with van der Waals surface area (Å²) in [7, 11) is 1.51. The van der Waals surface area contributed by atoms with Gasteiger partial charge in [0.15, 0.2) is 0 Å². The third-order valence-corrected chi connectivity index (χ3v) is 1.51. The van der Waals surface area contributed by atoms with Gasteiger partial charge in [0, 0.05) is 7.11 Å². The number of rotatable bonds is 5. The van der Waals surface area contributed by atoms with Crippen molar-refractivity contribution >= 4 is 5.97 Å². The Balaban J connectivity index is 3.85. The van der Waals surface area contributed by atoms with Crippen LogP contribution in [0.2, 0.25) is 0 Å². The molecule has 0 fully saturated rings. The van der Waals surface area contributed by atoms with Crippen LogP contribution in [0.1, 0.15) is 13.8 Å². The lowest BCUT2D eigenvalue weighted by Gasteiger charge is -2.17. The number of carbonyl (C=O) groups is 1. The molecule has 3 unspecified atom stereocenters. The number of hydrogen-bond acceptors (Lipinski definition) is 5. The normalized spacial score (nSPS) is 17.6. The lowest BCUT2D eigenvalue weighted by molar-refractivity contribution is -0.154. The van der Waals surface area contributed by atoms with Gasteiger partial charge in [-0.1, -0.05) is 0 Å². The molecule has 78 valence electrons. The fourth-order valence-corrected chi connectivity index (χ4v) is 0.743. The minimum atomic E-state index is -0.987. The Labute approximate surface area is 77.8 Å². The van der Waals surface area contributed by atoms with Gasteiger partial charge in [-0.25, -0.2) is 0 Å². The molecule has 0 saturated carbocycles. The zero-order valence-electron chi connectivity index (χ0n) is 8.19. The van der Waals surface area contributed by atoms with Crippen molar-refractivity contribution in [2.24, 2.45) is 5.73 Å². The van der Waals surface area contributed by atoms with Crippen LogP contribution in [0.3, 0.4) is 0 Å². The second kappa shape index (κ2) is 5.90. The van der Waals surface area contributed by atoms with E-state index in [2.05, 4.69) is 0 Å². The molecular weight excluding hydrogens is 174 g/mol. The summed E-state index contributed by atoms with van der Waals surface area (Å²) in [6, 6.07) is -0.987. The van der Waals surface area contributed by atoms with E-state index >= 15 is 0 Å². The molecule has 0 radical (unpaired) electrons. The maximum Gasteiger partial charge on any atom is 0.325 e. The topological polar surface area (TPSA) is 81.8 Å². The smallest absolute Gasteiger partial charge is 0.325 e. The summed E-state index contributed by atoms with van der Waals surface area (Å²) in [5.41, 5.74) is 5.34. The van der Waals surface area contributed by atoms with Crippen molar-refractivity contribution in [1.82, 2.24) is 0 Å². The zero-order chi connectivity index (χ0) is 10.4. The first-order chi connectivity index (χ1) is 5.99. The summed E-state index contributed by atoms with van der Waals surface area (Å²) in [6.07, 6.45) is -1.25. The van der Waals surface area contributed by atoms with Gasteiger partial charge < -0.3 is 20.3 Å². The standard InChI is InChI=1S/C8H17NO4/c1-5(4-12-3)13-8(11)7(9)6(2)10/h5-7,10H,4,9H2,1-3H3. The van der Waals surface area contributed by atoms with Gasteiger partial charge in [-0.3, -0.25) is 4.79 Å². The van der Waals surface area contributed by atoms with Crippen molar-refractivity contribution in [1.29, 1.82) is 0 Å². The second-order valence-electron chi connectivity index (χ2n) is 2.97. The number of nitrogens with two attached hydrogens (primary N) is 1. The van der Waals surface area contributed by atoms with E-state index in [1.807, 2.05) is 0 Å². The Morgan fingerprint density at radius 2 is 2.08 bits per heavy atom. The van der Waals surface area contributed by atoms with E-state index in [0.29, 0.717) is 6.61 Å². The molecule has 3 atom stereocenters. The Kier molecular flexibility index (Phi) is 5.61. The first kappa shape index (κ1) is 12.3. The molecule has 0 amide bonds. The summed E-state index contributed by atoms with van der Waals surface area (Å²) in [6.45, 7) is 3.45. The zero-order valence-corrected chi connectivity index (χ0v) is 8.19. The van der Waals surface area contributed by atoms with E-state index in [1.165, 1.54) is 14.0 Å². The number of ether oxygens (including phenoxy) is 2. The third-order valence-electron chi connectivity index (χ3n) is 1.51. The van der Waals surface area contributed by atoms with Crippen LogP contribution < -0.4 is 5.73 Å². The number of methoxy groups -OCH3 is 1. The van der Waals surface area contributed by atoms with Gasteiger partial charge in [-0.15, -0.1) is 0 Å². The molecule has 0 aromatic rings. The van der Waals surface area contributed by atoms with Crippen molar-refractivity contribution in [2.75, 3.05) is 13.7 Å². The molecule has 0 saturated heterocycles. The highest BCUT2D eigenvalue weighted by molar-refractivity contribution is 5.76. The third kappa shape index (κ3) is 4.82. The van der Waals surface area contributed by atoms with E-state index in [9.17, 15) is 4.79 Å². The van der Waals surface area contributed by atoms with Gasteiger partial charge in [0.25, 0.3) is 0 Å². The Morgan fingerprint density at radius 3 is 2.46 bits per heavy atom. The molecule has 0 aliphatic heterocycles. The van der Waals surface area contributed by atoms with Crippen molar-refractivity contribution in [3.05, 3.63) is 0 Å². The maximum atomic E-state index is 11.1. The van der Waals surface area contributed by atoms with Crippen LogP contribution in [0.15, 0.2) is 0 Å². The molecule has 3 N–H and O–H groups in total. The first-order valence-corrected chi connectivity index (χ1v) is 4.12. The molecule has 0 aromatic carbocycles.